The Morgan fingerprint density at radius 2 is 2.36 bits per heavy atom. The van der Waals surface area contributed by atoms with Gasteiger partial charge in [-0.3, -0.25) is 0 Å². The minimum atomic E-state index is 0.381. The molecule has 0 amide bonds. The number of rotatable bonds is 2. The van der Waals surface area contributed by atoms with Crippen LogP contribution in [0.1, 0.15) is 5.69 Å². The lowest BCUT2D eigenvalue weighted by Gasteiger charge is -1.98. The van der Waals surface area contributed by atoms with Crippen LogP contribution in [0.4, 0.5) is 0 Å². The number of methoxy groups -OCH3 is 1. The molecular formula is C8H9BrN4O. The monoisotopic (exact) mass is 256 g/mol. The number of nitrogens with zero attached hydrogens (tertiary/aromatic N) is 3. The Labute approximate surface area is 89.0 Å². The minimum absolute atomic E-state index is 0.381. The average Bonchev–Trinajstić information content (AvgIpc) is 2.55. The van der Waals surface area contributed by atoms with E-state index in [-0.39, 0.29) is 0 Å². The number of fused-ring (bicyclic) bond motifs is 1. The Kier molecular flexibility index (Phi) is 2.39. The van der Waals surface area contributed by atoms with E-state index in [1.54, 1.807) is 17.7 Å². The Balaban J connectivity index is 2.68. The lowest BCUT2D eigenvalue weighted by atomic mass is 10.5. The van der Waals surface area contributed by atoms with E-state index >= 15 is 0 Å². The highest BCUT2D eigenvalue weighted by molar-refractivity contribution is 9.10. The van der Waals surface area contributed by atoms with Gasteiger partial charge in [-0.2, -0.15) is 0 Å². The Hall–Kier alpha value is -1.14. The van der Waals surface area contributed by atoms with E-state index in [1.807, 2.05) is 6.07 Å². The molecule has 74 valence electrons. The standard InChI is InChI=1S/C8H9BrN4O/c1-14-7-3-2-6-11-5(4-10)8(9)13(6)12-7/h2-3H,4,10H2,1H3. The van der Waals surface area contributed by atoms with Crippen molar-refractivity contribution in [1.29, 1.82) is 0 Å². The van der Waals surface area contributed by atoms with Gasteiger partial charge in [0.2, 0.25) is 5.88 Å². The number of hydrogen-bond acceptors (Lipinski definition) is 4. The Morgan fingerprint density at radius 1 is 1.57 bits per heavy atom. The first-order valence-electron chi connectivity index (χ1n) is 4.04. The molecule has 14 heavy (non-hydrogen) atoms. The number of aromatic nitrogens is 3. The zero-order chi connectivity index (χ0) is 10.1. The molecule has 5 nitrogen and oxygen atoms in total. The largest absolute Gasteiger partial charge is 0.480 e. The summed E-state index contributed by atoms with van der Waals surface area (Å²) in [6.07, 6.45) is 0. The van der Waals surface area contributed by atoms with Gasteiger partial charge in [0.25, 0.3) is 0 Å². The van der Waals surface area contributed by atoms with E-state index in [0.29, 0.717) is 12.4 Å². The fourth-order valence-corrected chi connectivity index (χ4v) is 1.69. The third-order valence-corrected chi connectivity index (χ3v) is 2.66. The minimum Gasteiger partial charge on any atom is -0.480 e. The van der Waals surface area contributed by atoms with Gasteiger partial charge in [-0.15, -0.1) is 5.10 Å². The summed E-state index contributed by atoms with van der Waals surface area (Å²) in [6, 6.07) is 3.59. The lowest BCUT2D eigenvalue weighted by Crippen LogP contribution is -1.98. The van der Waals surface area contributed by atoms with Crippen LogP contribution in [-0.2, 0) is 6.54 Å². The van der Waals surface area contributed by atoms with Gasteiger partial charge in [-0.1, -0.05) is 0 Å². The maximum absolute atomic E-state index is 5.52. The summed E-state index contributed by atoms with van der Waals surface area (Å²) in [7, 11) is 1.57. The van der Waals surface area contributed by atoms with Crippen molar-refractivity contribution in [2.75, 3.05) is 7.11 Å². The maximum atomic E-state index is 5.52. The Bertz CT molecular complexity index is 468. The van der Waals surface area contributed by atoms with Crippen molar-refractivity contribution in [1.82, 2.24) is 14.6 Å². The molecule has 2 heterocycles. The molecule has 2 rings (SSSR count). The van der Waals surface area contributed by atoms with Crippen LogP contribution in [0.25, 0.3) is 5.65 Å². The van der Waals surface area contributed by atoms with Crippen molar-refractivity contribution in [3.63, 3.8) is 0 Å². The number of imidazole rings is 1. The van der Waals surface area contributed by atoms with Crippen LogP contribution in [0.2, 0.25) is 0 Å². The Morgan fingerprint density at radius 3 is 3.00 bits per heavy atom. The lowest BCUT2D eigenvalue weighted by molar-refractivity contribution is 0.389. The first kappa shape index (κ1) is 9.42. The predicted molar refractivity (Wildman–Crippen MR) is 55.1 cm³/mol. The van der Waals surface area contributed by atoms with Crippen LogP contribution < -0.4 is 10.5 Å². The summed E-state index contributed by atoms with van der Waals surface area (Å²) < 4.78 is 7.43. The summed E-state index contributed by atoms with van der Waals surface area (Å²) in [5.74, 6) is 0.541. The number of halogens is 1. The van der Waals surface area contributed by atoms with Gasteiger partial charge < -0.3 is 10.5 Å². The molecule has 0 spiro atoms. The van der Waals surface area contributed by atoms with Crippen LogP contribution in [0.5, 0.6) is 5.88 Å². The van der Waals surface area contributed by atoms with Gasteiger partial charge >= 0.3 is 0 Å². The van der Waals surface area contributed by atoms with Gasteiger partial charge in [0, 0.05) is 12.6 Å². The molecule has 2 aromatic heterocycles. The van der Waals surface area contributed by atoms with Gasteiger partial charge in [0.1, 0.15) is 4.60 Å². The number of hydrogen-bond donors (Lipinski definition) is 1. The molecule has 0 unspecified atom stereocenters. The first-order valence-corrected chi connectivity index (χ1v) is 4.83. The number of nitrogens with two attached hydrogens (primary N) is 1. The van der Waals surface area contributed by atoms with Crippen molar-refractivity contribution in [3.05, 3.63) is 22.4 Å². The molecule has 6 heteroatoms. The van der Waals surface area contributed by atoms with Gasteiger partial charge in [-0.25, -0.2) is 9.50 Å². The first-order chi connectivity index (χ1) is 6.76. The van der Waals surface area contributed by atoms with Crippen LogP contribution in [0.15, 0.2) is 16.7 Å². The fourth-order valence-electron chi connectivity index (χ4n) is 1.17. The van der Waals surface area contributed by atoms with Crippen LogP contribution in [0, 0.1) is 0 Å². The van der Waals surface area contributed by atoms with Crippen molar-refractivity contribution in [3.8, 4) is 5.88 Å². The highest BCUT2D eigenvalue weighted by atomic mass is 79.9. The molecule has 0 atom stereocenters. The highest BCUT2D eigenvalue weighted by Crippen LogP contribution is 2.19. The zero-order valence-corrected chi connectivity index (χ0v) is 9.15. The second-order valence-corrected chi connectivity index (χ2v) is 3.45. The second-order valence-electron chi connectivity index (χ2n) is 2.70. The van der Waals surface area contributed by atoms with E-state index in [9.17, 15) is 0 Å². The summed E-state index contributed by atoms with van der Waals surface area (Å²) >= 11 is 3.38. The predicted octanol–water partition coefficient (Wildman–Crippen LogP) is 0.959. The number of ether oxygens (including phenoxy) is 1. The smallest absolute Gasteiger partial charge is 0.231 e. The molecule has 0 aromatic carbocycles. The van der Waals surface area contributed by atoms with Crippen molar-refractivity contribution in [2.45, 2.75) is 6.54 Å². The molecule has 0 fully saturated rings. The molecule has 0 bridgehead atoms. The maximum Gasteiger partial charge on any atom is 0.231 e. The third-order valence-electron chi connectivity index (χ3n) is 1.87. The molecular weight excluding hydrogens is 248 g/mol. The summed E-state index contributed by atoms with van der Waals surface area (Å²) in [5, 5.41) is 4.19. The van der Waals surface area contributed by atoms with Crippen molar-refractivity contribution >= 4 is 21.6 Å². The van der Waals surface area contributed by atoms with Crippen LogP contribution in [-0.4, -0.2) is 21.7 Å². The van der Waals surface area contributed by atoms with Crippen molar-refractivity contribution in [2.24, 2.45) is 5.73 Å². The van der Waals surface area contributed by atoms with E-state index in [4.69, 9.17) is 10.5 Å². The quantitative estimate of drug-likeness (QED) is 0.870. The van der Waals surface area contributed by atoms with E-state index in [1.165, 1.54) is 0 Å². The molecule has 0 radical (unpaired) electrons. The topological polar surface area (TPSA) is 65.4 Å². The molecule has 0 saturated carbocycles. The van der Waals surface area contributed by atoms with E-state index in [0.717, 1.165) is 15.9 Å². The normalized spacial score (nSPS) is 10.8. The summed E-state index contributed by atoms with van der Waals surface area (Å²) in [6.45, 7) is 0.381. The molecule has 0 aliphatic heterocycles. The summed E-state index contributed by atoms with van der Waals surface area (Å²) in [5.41, 5.74) is 7.05. The summed E-state index contributed by atoms with van der Waals surface area (Å²) in [4.78, 5) is 4.28. The van der Waals surface area contributed by atoms with Gasteiger partial charge in [0.15, 0.2) is 5.65 Å². The van der Waals surface area contributed by atoms with Crippen molar-refractivity contribution < 1.29 is 4.74 Å². The second kappa shape index (κ2) is 3.55. The molecule has 0 aliphatic rings. The van der Waals surface area contributed by atoms with E-state index < -0.39 is 0 Å². The molecule has 0 aliphatic carbocycles. The third kappa shape index (κ3) is 1.36. The zero-order valence-electron chi connectivity index (χ0n) is 7.57. The van der Waals surface area contributed by atoms with Gasteiger partial charge in [-0.05, 0) is 22.0 Å². The van der Waals surface area contributed by atoms with Crippen LogP contribution >= 0.6 is 15.9 Å². The van der Waals surface area contributed by atoms with Gasteiger partial charge in [0.05, 0.1) is 12.8 Å². The fraction of sp³-hybridized carbons (Fsp3) is 0.250. The average molecular weight is 257 g/mol. The van der Waals surface area contributed by atoms with E-state index in [2.05, 4.69) is 26.0 Å². The molecule has 2 N–H and O–H groups in total. The molecule has 0 saturated heterocycles. The highest BCUT2D eigenvalue weighted by Gasteiger charge is 2.09. The van der Waals surface area contributed by atoms with Crippen LogP contribution in [0.3, 0.4) is 0 Å². The molecule has 2 aromatic rings. The SMILES string of the molecule is COc1ccc2nc(CN)c(Br)n2n1.